The van der Waals surface area contributed by atoms with Crippen molar-refractivity contribution in [2.75, 3.05) is 23.0 Å². The third-order valence-electron chi connectivity index (χ3n) is 6.33. The van der Waals surface area contributed by atoms with Crippen molar-refractivity contribution in [1.29, 1.82) is 0 Å². The maximum Gasteiger partial charge on any atom is 0.431 e. The molecule has 4 rings (SSSR count). The first-order valence-electron chi connectivity index (χ1n) is 11.2. The lowest BCUT2D eigenvalue weighted by Gasteiger charge is -2.34. The van der Waals surface area contributed by atoms with Crippen LogP contribution >= 0.6 is 0 Å². The lowest BCUT2D eigenvalue weighted by Crippen LogP contribution is -2.38. The quantitative estimate of drug-likeness (QED) is 0.561. The van der Waals surface area contributed by atoms with E-state index in [2.05, 4.69) is 5.10 Å². The number of carbonyl (C=O) groups is 1. The lowest BCUT2D eigenvalue weighted by atomic mass is 9.94. The first kappa shape index (κ1) is 24.6. The second-order valence-electron chi connectivity index (χ2n) is 8.72. The molecule has 2 aromatic carbocycles. The molecule has 2 atom stereocenters. The number of phenols is 1. The third-order valence-corrected chi connectivity index (χ3v) is 6.33. The fourth-order valence-corrected chi connectivity index (χ4v) is 4.51. The van der Waals surface area contributed by atoms with Crippen molar-refractivity contribution < 1.29 is 37.3 Å². The van der Waals surface area contributed by atoms with E-state index in [0.717, 1.165) is 5.01 Å². The van der Waals surface area contributed by atoms with Crippen molar-refractivity contribution in [3.63, 3.8) is 0 Å². The van der Waals surface area contributed by atoms with Crippen molar-refractivity contribution in [3.05, 3.63) is 48.3 Å². The van der Waals surface area contributed by atoms with Gasteiger partial charge in [-0.1, -0.05) is 6.92 Å². The van der Waals surface area contributed by atoms with Crippen LogP contribution in [0.5, 0.6) is 11.5 Å². The number of aromatic hydroxyl groups is 1. The number of aliphatic carboxylic acids is 1. The predicted molar refractivity (Wildman–Crippen MR) is 122 cm³/mol. The van der Waals surface area contributed by atoms with Gasteiger partial charge in [0.25, 0.3) is 0 Å². The Morgan fingerprint density at radius 2 is 1.80 bits per heavy atom. The summed E-state index contributed by atoms with van der Waals surface area (Å²) in [5, 5.41) is 23.6. The van der Waals surface area contributed by atoms with Gasteiger partial charge >= 0.3 is 12.1 Å². The van der Waals surface area contributed by atoms with Crippen LogP contribution in [-0.4, -0.2) is 53.3 Å². The molecule has 1 fully saturated rings. The van der Waals surface area contributed by atoms with Crippen LogP contribution in [0.2, 0.25) is 0 Å². The molecule has 1 saturated heterocycles. The Kier molecular flexibility index (Phi) is 6.77. The molecule has 2 heterocycles. The third kappa shape index (κ3) is 5.44. The molecule has 2 aliphatic rings. The van der Waals surface area contributed by atoms with Gasteiger partial charge in [-0.05, 0) is 36.4 Å². The zero-order chi connectivity index (χ0) is 25.3. The Morgan fingerprint density at radius 1 is 1.14 bits per heavy atom. The molecule has 0 aliphatic carbocycles. The molecule has 0 saturated carbocycles. The Bertz CT molecular complexity index is 1100. The molecule has 0 bridgehead atoms. The number of piperidine rings is 1. The number of rotatable bonds is 6. The number of hydrazone groups is 1. The van der Waals surface area contributed by atoms with Gasteiger partial charge in [0.1, 0.15) is 29.1 Å². The van der Waals surface area contributed by atoms with Crippen molar-refractivity contribution in [2.45, 2.75) is 44.5 Å². The summed E-state index contributed by atoms with van der Waals surface area (Å²) in [4.78, 5) is 13.1. The molecule has 7 nitrogen and oxygen atoms in total. The van der Waals surface area contributed by atoms with E-state index in [4.69, 9.17) is 4.74 Å². The van der Waals surface area contributed by atoms with Gasteiger partial charge in [0.15, 0.2) is 0 Å². The molecule has 0 amide bonds. The zero-order valence-electron chi connectivity index (χ0n) is 18.9. The first-order valence-corrected chi connectivity index (χ1v) is 11.2. The molecule has 0 radical (unpaired) electrons. The average molecular weight is 495 g/mol. The van der Waals surface area contributed by atoms with Crippen molar-refractivity contribution in [3.8, 4) is 11.5 Å². The summed E-state index contributed by atoms with van der Waals surface area (Å²) >= 11 is 0. The van der Waals surface area contributed by atoms with Gasteiger partial charge in [0, 0.05) is 37.9 Å². The molecular formula is C24H25F4N3O4. The van der Waals surface area contributed by atoms with Crippen LogP contribution in [-0.2, 0) is 4.79 Å². The van der Waals surface area contributed by atoms with Gasteiger partial charge in [-0.2, -0.15) is 18.3 Å². The van der Waals surface area contributed by atoms with Crippen molar-refractivity contribution in [1.82, 2.24) is 0 Å². The maximum absolute atomic E-state index is 14.1. The summed E-state index contributed by atoms with van der Waals surface area (Å²) in [6.07, 6.45) is -4.05. The Balaban J connectivity index is 1.41. The number of hydrogen-bond acceptors (Lipinski definition) is 6. The van der Waals surface area contributed by atoms with E-state index in [1.165, 1.54) is 25.1 Å². The van der Waals surface area contributed by atoms with E-state index in [-0.39, 0.29) is 11.9 Å². The Morgan fingerprint density at radius 3 is 2.40 bits per heavy atom. The smallest absolute Gasteiger partial charge is 0.431 e. The monoisotopic (exact) mass is 495 g/mol. The minimum Gasteiger partial charge on any atom is -0.508 e. The molecule has 0 aromatic heterocycles. The predicted octanol–water partition coefficient (Wildman–Crippen LogP) is 4.80. The number of halogens is 4. The molecule has 0 spiro atoms. The number of nitrogens with zero attached hydrogens (tertiary/aromatic N) is 3. The molecule has 2 aromatic rings. The highest BCUT2D eigenvalue weighted by Gasteiger charge is 2.48. The Hall–Kier alpha value is -3.50. The lowest BCUT2D eigenvalue weighted by molar-refractivity contribution is -0.137. The maximum atomic E-state index is 14.1. The average Bonchev–Trinajstić information content (AvgIpc) is 3.12. The second kappa shape index (κ2) is 9.63. The fraction of sp³-hybridized carbons (Fsp3) is 0.417. The van der Waals surface area contributed by atoms with Crippen LogP contribution in [0.4, 0.5) is 28.9 Å². The highest BCUT2D eigenvalue weighted by molar-refractivity contribution is 5.95. The van der Waals surface area contributed by atoms with E-state index < -0.39 is 42.1 Å². The number of ether oxygens (including phenoxy) is 1. The number of carboxylic acid groups (broad SMARTS) is 1. The van der Waals surface area contributed by atoms with Crippen LogP contribution in [0.1, 0.15) is 26.2 Å². The number of phenolic OH excluding ortho intramolecular Hbond substituents is 1. The van der Waals surface area contributed by atoms with Crippen LogP contribution in [0.15, 0.2) is 47.6 Å². The molecular weight excluding hydrogens is 470 g/mol. The van der Waals surface area contributed by atoms with Gasteiger partial charge in [-0.15, -0.1) is 0 Å². The van der Waals surface area contributed by atoms with E-state index in [9.17, 15) is 32.6 Å². The molecule has 2 N–H and O–H groups in total. The topological polar surface area (TPSA) is 85.6 Å². The van der Waals surface area contributed by atoms with Crippen LogP contribution in [0, 0.1) is 11.7 Å². The largest absolute Gasteiger partial charge is 0.508 e. The molecule has 2 aliphatic heterocycles. The SMILES string of the molecule is CC1C(C(F)(F)F)=NN(c2ccc(OC3CCN(c4cc(O)ccc4F)CC3)cc2)C1CC(=O)O. The van der Waals surface area contributed by atoms with E-state index in [1.807, 2.05) is 4.90 Å². The van der Waals surface area contributed by atoms with Gasteiger partial charge in [0.05, 0.1) is 23.8 Å². The number of hydrogen-bond donors (Lipinski definition) is 2. The summed E-state index contributed by atoms with van der Waals surface area (Å²) in [6, 6.07) is 9.27. The van der Waals surface area contributed by atoms with Crippen LogP contribution < -0.4 is 14.6 Å². The zero-order valence-corrected chi connectivity index (χ0v) is 18.9. The van der Waals surface area contributed by atoms with Gasteiger partial charge < -0.3 is 19.8 Å². The standard InChI is InChI=1S/C24H25F4N3O4/c1-14-20(13-22(33)34)31(29-23(14)24(26,27)28)15-2-5-17(6-3-15)35-18-8-10-30(11-9-18)21-12-16(32)4-7-19(21)25/h2-7,12,14,18,20,32H,8-11,13H2,1H3,(H,33,34). The fourth-order valence-electron chi connectivity index (χ4n) is 4.51. The van der Waals surface area contributed by atoms with E-state index in [0.29, 0.717) is 43.1 Å². The molecule has 188 valence electrons. The molecule has 2 unspecified atom stereocenters. The van der Waals surface area contributed by atoms with Crippen molar-refractivity contribution >= 4 is 23.1 Å². The summed E-state index contributed by atoms with van der Waals surface area (Å²) in [7, 11) is 0. The minimum atomic E-state index is -4.65. The van der Waals surface area contributed by atoms with Gasteiger partial charge in [0.2, 0.25) is 0 Å². The van der Waals surface area contributed by atoms with Crippen LogP contribution in [0.3, 0.4) is 0 Å². The second-order valence-corrected chi connectivity index (χ2v) is 8.72. The Labute approximate surface area is 199 Å². The number of carboxylic acids is 1. The van der Waals surface area contributed by atoms with Gasteiger partial charge in [-0.3, -0.25) is 9.80 Å². The summed E-state index contributed by atoms with van der Waals surface area (Å²) in [5.41, 5.74) is -0.328. The molecule has 11 heteroatoms. The summed E-state index contributed by atoms with van der Waals surface area (Å²) in [5.74, 6) is -2.21. The first-order chi connectivity index (χ1) is 16.5. The van der Waals surface area contributed by atoms with Gasteiger partial charge in [-0.25, -0.2) is 4.39 Å². The van der Waals surface area contributed by atoms with Crippen LogP contribution in [0.25, 0.3) is 0 Å². The van der Waals surface area contributed by atoms with E-state index in [1.54, 1.807) is 24.3 Å². The summed E-state index contributed by atoms with van der Waals surface area (Å²) in [6.45, 7) is 2.38. The highest BCUT2D eigenvalue weighted by Crippen LogP contribution is 2.37. The normalized spacial score (nSPS) is 21.2. The summed E-state index contributed by atoms with van der Waals surface area (Å²) < 4.78 is 60.1. The number of alkyl halides is 3. The number of anilines is 2. The minimum absolute atomic E-state index is 0.00968. The van der Waals surface area contributed by atoms with E-state index >= 15 is 0 Å². The highest BCUT2D eigenvalue weighted by atomic mass is 19.4. The molecule has 35 heavy (non-hydrogen) atoms. The number of benzene rings is 2. The van der Waals surface area contributed by atoms with Crippen molar-refractivity contribution in [2.24, 2.45) is 11.0 Å².